The number of benzene rings is 2. The van der Waals surface area contributed by atoms with Crippen molar-refractivity contribution in [2.75, 3.05) is 5.32 Å². The van der Waals surface area contributed by atoms with E-state index in [-0.39, 0.29) is 17.5 Å². The van der Waals surface area contributed by atoms with Gasteiger partial charge < -0.3 is 11.1 Å². The van der Waals surface area contributed by atoms with Crippen LogP contribution >= 0.6 is 0 Å². The van der Waals surface area contributed by atoms with Crippen molar-refractivity contribution in [2.24, 2.45) is 10.7 Å². The minimum Gasteiger partial charge on any atom is -0.369 e. The molecule has 0 aliphatic heterocycles. The molecule has 0 aliphatic rings. The number of hydrogen-bond acceptors (Lipinski definition) is 3. The zero-order valence-corrected chi connectivity index (χ0v) is 14.1. The minimum absolute atomic E-state index is 0.153. The molecule has 0 atom stereocenters. The Balaban J connectivity index is 1.90. The average molecular weight is 333 g/mol. The number of aliphatic imine (C=N–C) groups is 1. The zero-order valence-electron chi connectivity index (χ0n) is 14.1. The summed E-state index contributed by atoms with van der Waals surface area (Å²) in [5.74, 6) is 0.307. The van der Waals surface area contributed by atoms with Gasteiger partial charge in [-0.15, -0.1) is 0 Å². The van der Waals surface area contributed by atoms with Gasteiger partial charge in [-0.2, -0.15) is 4.99 Å². The Bertz CT molecular complexity index is 977. The summed E-state index contributed by atoms with van der Waals surface area (Å²) in [5.41, 5.74) is 10.1. The second kappa shape index (κ2) is 7.00. The third kappa shape index (κ3) is 4.11. The fourth-order valence-electron chi connectivity index (χ4n) is 2.49. The summed E-state index contributed by atoms with van der Waals surface area (Å²) in [4.78, 5) is 23.0. The predicted molar refractivity (Wildman–Crippen MR) is 101 cm³/mol. The van der Waals surface area contributed by atoms with Crippen molar-refractivity contribution >= 4 is 17.6 Å². The van der Waals surface area contributed by atoms with Crippen molar-refractivity contribution in [2.45, 2.75) is 13.8 Å². The first-order chi connectivity index (χ1) is 12.0. The maximum absolute atomic E-state index is 11.9. The standard InChI is InChI=1S/C19H19N5O/c1-12-8-9-15(13(2)10-12)21-18(20)24-19-22-16(11-17(25)23-19)14-6-4-3-5-7-14/h3-11H,1-2H3,(H4,20,21,22,23,24,25). The Morgan fingerprint density at radius 1 is 1.12 bits per heavy atom. The lowest BCUT2D eigenvalue weighted by atomic mass is 10.1. The normalized spacial score (nSPS) is 11.4. The molecule has 0 aliphatic carbocycles. The average Bonchev–Trinajstić information content (AvgIpc) is 2.58. The van der Waals surface area contributed by atoms with Crippen LogP contribution in [0.1, 0.15) is 11.1 Å². The maximum atomic E-state index is 11.9. The number of aryl methyl sites for hydroxylation is 2. The van der Waals surface area contributed by atoms with Gasteiger partial charge in [0, 0.05) is 17.3 Å². The molecular weight excluding hydrogens is 314 g/mol. The molecule has 3 aromatic rings. The van der Waals surface area contributed by atoms with Crippen LogP contribution in [0.3, 0.4) is 0 Å². The third-order valence-corrected chi connectivity index (χ3v) is 3.67. The fraction of sp³-hybridized carbons (Fsp3) is 0.105. The first kappa shape index (κ1) is 16.4. The Labute approximate surface area is 145 Å². The van der Waals surface area contributed by atoms with E-state index < -0.39 is 0 Å². The van der Waals surface area contributed by atoms with Crippen LogP contribution in [0.25, 0.3) is 11.3 Å². The van der Waals surface area contributed by atoms with Crippen LogP contribution in [-0.2, 0) is 0 Å². The summed E-state index contributed by atoms with van der Waals surface area (Å²) < 4.78 is 0. The molecule has 0 bridgehead atoms. The molecule has 25 heavy (non-hydrogen) atoms. The van der Waals surface area contributed by atoms with Crippen molar-refractivity contribution in [3.05, 3.63) is 76.1 Å². The first-order valence-electron chi connectivity index (χ1n) is 7.86. The molecule has 0 saturated heterocycles. The van der Waals surface area contributed by atoms with Gasteiger partial charge in [0.05, 0.1) is 5.69 Å². The zero-order chi connectivity index (χ0) is 17.8. The number of rotatable bonds is 3. The molecule has 4 N–H and O–H groups in total. The predicted octanol–water partition coefficient (Wildman–Crippen LogP) is 3.11. The summed E-state index contributed by atoms with van der Waals surface area (Å²) >= 11 is 0. The van der Waals surface area contributed by atoms with Crippen molar-refractivity contribution in [1.29, 1.82) is 0 Å². The largest absolute Gasteiger partial charge is 0.369 e. The fourth-order valence-corrected chi connectivity index (χ4v) is 2.49. The molecule has 126 valence electrons. The summed E-state index contributed by atoms with van der Waals surface area (Å²) in [6, 6.07) is 16.8. The smallest absolute Gasteiger partial charge is 0.252 e. The van der Waals surface area contributed by atoms with Crippen molar-refractivity contribution in [3.63, 3.8) is 0 Å². The van der Waals surface area contributed by atoms with E-state index in [1.807, 2.05) is 62.4 Å². The van der Waals surface area contributed by atoms with Crippen LogP contribution in [-0.4, -0.2) is 15.9 Å². The molecule has 6 heteroatoms. The summed E-state index contributed by atoms with van der Waals surface area (Å²) in [6.45, 7) is 4.01. The van der Waals surface area contributed by atoms with E-state index in [2.05, 4.69) is 20.3 Å². The van der Waals surface area contributed by atoms with E-state index >= 15 is 0 Å². The number of H-pyrrole nitrogens is 1. The van der Waals surface area contributed by atoms with Gasteiger partial charge in [0.1, 0.15) is 0 Å². The molecule has 0 unspecified atom stereocenters. The third-order valence-electron chi connectivity index (χ3n) is 3.67. The van der Waals surface area contributed by atoms with Gasteiger partial charge in [0.15, 0.2) is 0 Å². The number of hydrogen-bond donors (Lipinski definition) is 3. The summed E-state index contributed by atoms with van der Waals surface area (Å²) in [6.07, 6.45) is 0. The van der Waals surface area contributed by atoms with Crippen LogP contribution in [0.15, 0.2) is 64.4 Å². The number of guanidine groups is 1. The van der Waals surface area contributed by atoms with E-state index in [0.29, 0.717) is 5.69 Å². The van der Waals surface area contributed by atoms with Crippen LogP contribution in [0.2, 0.25) is 0 Å². The monoisotopic (exact) mass is 333 g/mol. The SMILES string of the molecule is Cc1ccc(N/C(N)=N/c2nc(-c3ccccc3)cc(=O)[nH]2)c(C)c1. The van der Waals surface area contributed by atoms with E-state index in [4.69, 9.17) is 5.73 Å². The number of nitrogens with two attached hydrogens (primary N) is 1. The van der Waals surface area contributed by atoms with Gasteiger partial charge in [0.2, 0.25) is 11.9 Å². The Kier molecular flexibility index (Phi) is 4.61. The van der Waals surface area contributed by atoms with Crippen molar-refractivity contribution < 1.29 is 0 Å². The van der Waals surface area contributed by atoms with Gasteiger partial charge in [-0.25, -0.2) is 4.98 Å². The van der Waals surface area contributed by atoms with Crippen molar-refractivity contribution in [1.82, 2.24) is 9.97 Å². The second-order valence-corrected chi connectivity index (χ2v) is 5.76. The lowest BCUT2D eigenvalue weighted by Crippen LogP contribution is -2.23. The van der Waals surface area contributed by atoms with Crippen LogP contribution < -0.4 is 16.6 Å². The van der Waals surface area contributed by atoms with Gasteiger partial charge >= 0.3 is 0 Å². The number of nitrogens with zero attached hydrogens (tertiary/aromatic N) is 2. The summed E-state index contributed by atoms with van der Waals surface area (Å²) in [5, 5.41) is 3.03. The topological polar surface area (TPSA) is 96.2 Å². The minimum atomic E-state index is -0.285. The highest BCUT2D eigenvalue weighted by Crippen LogP contribution is 2.18. The second-order valence-electron chi connectivity index (χ2n) is 5.76. The highest BCUT2D eigenvalue weighted by molar-refractivity contribution is 5.94. The number of anilines is 1. The van der Waals surface area contributed by atoms with Gasteiger partial charge in [-0.05, 0) is 25.5 Å². The van der Waals surface area contributed by atoms with Crippen LogP contribution in [0, 0.1) is 13.8 Å². The quantitative estimate of drug-likeness (QED) is 0.507. The molecule has 6 nitrogen and oxygen atoms in total. The highest BCUT2D eigenvalue weighted by Gasteiger charge is 2.05. The van der Waals surface area contributed by atoms with Crippen LogP contribution in [0.4, 0.5) is 11.6 Å². The van der Waals surface area contributed by atoms with E-state index in [9.17, 15) is 4.79 Å². The van der Waals surface area contributed by atoms with E-state index in [1.165, 1.54) is 11.6 Å². The van der Waals surface area contributed by atoms with Crippen molar-refractivity contribution in [3.8, 4) is 11.3 Å². The molecule has 1 heterocycles. The molecule has 1 aromatic heterocycles. The molecule has 2 aromatic carbocycles. The van der Waals surface area contributed by atoms with E-state index in [0.717, 1.165) is 16.8 Å². The van der Waals surface area contributed by atoms with Gasteiger partial charge in [-0.1, -0.05) is 48.0 Å². The Morgan fingerprint density at radius 3 is 2.60 bits per heavy atom. The molecule has 0 radical (unpaired) electrons. The number of aromatic nitrogens is 2. The lowest BCUT2D eigenvalue weighted by Gasteiger charge is -2.09. The molecule has 3 rings (SSSR count). The molecule has 0 spiro atoms. The highest BCUT2D eigenvalue weighted by atomic mass is 16.1. The molecule has 0 amide bonds. The van der Waals surface area contributed by atoms with E-state index in [1.54, 1.807) is 0 Å². The number of aromatic amines is 1. The Morgan fingerprint density at radius 2 is 1.88 bits per heavy atom. The summed E-state index contributed by atoms with van der Waals surface area (Å²) in [7, 11) is 0. The first-order valence-corrected chi connectivity index (χ1v) is 7.86. The van der Waals surface area contributed by atoms with Gasteiger partial charge in [0.25, 0.3) is 5.56 Å². The van der Waals surface area contributed by atoms with Crippen LogP contribution in [0.5, 0.6) is 0 Å². The molecule has 0 saturated carbocycles. The lowest BCUT2D eigenvalue weighted by molar-refractivity contribution is 1.10. The molecular formula is C19H19N5O. The Hall–Kier alpha value is -3.41. The number of nitrogens with one attached hydrogen (secondary N) is 2. The maximum Gasteiger partial charge on any atom is 0.252 e. The molecule has 0 fully saturated rings. The van der Waals surface area contributed by atoms with Gasteiger partial charge in [-0.3, -0.25) is 9.78 Å².